The monoisotopic (exact) mass is 410 g/mol. The molecule has 2 aromatic carbocycles. The summed E-state index contributed by atoms with van der Waals surface area (Å²) in [6, 6.07) is 15.3. The van der Waals surface area contributed by atoms with Crippen LogP contribution in [-0.4, -0.2) is 25.9 Å². The molecule has 0 unspecified atom stereocenters. The highest BCUT2D eigenvalue weighted by molar-refractivity contribution is 8.00. The fourth-order valence-electron chi connectivity index (χ4n) is 3.50. The van der Waals surface area contributed by atoms with Gasteiger partial charge in [-0.3, -0.25) is 29.3 Å². The van der Waals surface area contributed by atoms with E-state index in [1.54, 1.807) is 30.8 Å². The van der Waals surface area contributed by atoms with E-state index in [0.717, 1.165) is 5.56 Å². The van der Waals surface area contributed by atoms with Crippen LogP contribution in [-0.2, 0) is 11.8 Å². The molecule has 0 radical (unpaired) electrons. The first-order valence-corrected chi connectivity index (χ1v) is 9.97. The summed E-state index contributed by atoms with van der Waals surface area (Å²) in [4.78, 5) is 38.0. The molecule has 8 nitrogen and oxygen atoms in total. The molecule has 1 amide bonds. The number of anilines is 1. The van der Waals surface area contributed by atoms with Gasteiger partial charge in [-0.2, -0.15) is 0 Å². The second kappa shape index (κ2) is 7.25. The van der Waals surface area contributed by atoms with Gasteiger partial charge < -0.3 is 0 Å². The van der Waals surface area contributed by atoms with E-state index in [0.29, 0.717) is 17.1 Å². The number of hydrogen-bond donors (Lipinski definition) is 0. The maximum atomic E-state index is 13.3. The number of rotatable bonds is 4. The van der Waals surface area contributed by atoms with Crippen LogP contribution in [0.5, 0.6) is 0 Å². The number of amides is 1. The number of non-ortho nitro benzene ring substituents is 1. The number of para-hydroxylation sites is 1. The lowest BCUT2D eigenvalue weighted by Gasteiger charge is -2.23. The van der Waals surface area contributed by atoms with Crippen molar-refractivity contribution in [2.24, 2.45) is 7.05 Å². The van der Waals surface area contributed by atoms with E-state index in [-0.39, 0.29) is 22.9 Å². The first-order valence-electron chi connectivity index (χ1n) is 8.92. The van der Waals surface area contributed by atoms with Gasteiger partial charge >= 0.3 is 0 Å². The molecular formula is C20H18N4O4S. The molecule has 3 aromatic rings. The van der Waals surface area contributed by atoms with E-state index in [1.165, 1.54) is 33.5 Å². The molecule has 1 aliphatic rings. The average molecular weight is 410 g/mol. The van der Waals surface area contributed by atoms with Crippen LogP contribution in [0, 0.1) is 17.0 Å². The Labute approximate surface area is 170 Å². The SMILES string of the molecule is Cc1c(N2C(=O)CS[C@H]2c2ccc([N+](=O)[O-])cc2)c(=O)n(-c2ccccc2)n1C. The lowest BCUT2D eigenvalue weighted by Crippen LogP contribution is -2.33. The van der Waals surface area contributed by atoms with Gasteiger partial charge in [0, 0.05) is 19.2 Å². The van der Waals surface area contributed by atoms with Gasteiger partial charge in [-0.15, -0.1) is 11.8 Å². The highest BCUT2D eigenvalue weighted by Gasteiger charge is 2.38. The van der Waals surface area contributed by atoms with E-state index in [4.69, 9.17) is 0 Å². The lowest BCUT2D eigenvalue weighted by atomic mass is 10.1. The lowest BCUT2D eigenvalue weighted by molar-refractivity contribution is -0.384. The van der Waals surface area contributed by atoms with Crippen molar-refractivity contribution >= 4 is 29.0 Å². The number of carbonyl (C=O) groups excluding carboxylic acids is 1. The van der Waals surface area contributed by atoms with Gasteiger partial charge in [0.05, 0.1) is 22.1 Å². The highest BCUT2D eigenvalue weighted by atomic mass is 32.2. The Kier molecular flexibility index (Phi) is 4.75. The molecule has 1 aromatic heterocycles. The molecule has 0 spiro atoms. The average Bonchev–Trinajstić information content (AvgIpc) is 3.19. The summed E-state index contributed by atoms with van der Waals surface area (Å²) in [5.41, 5.74) is 2.15. The molecule has 2 heterocycles. The number of aromatic nitrogens is 2. The van der Waals surface area contributed by atoms with Crippen LogP contribution in [0.2, 0.25) is 0 Å². The minimum Gasteiger partial charge on any atom is -0.288 e. The van der Waals surface area contributed by atoms with Crippen molar-refractivity contribution in [1.29, 1.82) is 0 Å². The third-order valence-electron chi connectivity index (χ3n) is 5.02. The molecule has 29 heavy (non-hydrogen) atoms. The molecule has 0 bridgehead atoms. The van der Waals surface area contributed by atoms with E-state index in [2.05, 4.69) is 0 Å². The Morgan fingerprint density at radius 1 is 1.07 bits per heavy atom. The van der Waals surface area contributed by atoms with Gasteiger partial charge in [0.25, 0.3) is 11.2 Å². The van der Waals surface area contributed by atoms with Crippen molar-refractivity contribution in [3.8, 4) is 5.69 Å². The third-order valence-corrected chi connectivity index (χ3v) is 6.23. The summed E-state index contributed by atoms with van der Waals surface area (Å²) in [5.74, 6) is 0.0742. The highest BCUT2D eigenvalue weighted by Crippen LogP contribution is 2.42. The maximum absolute atomic E-state index is 13.3. The second-order valence-corrected chi connectivity index (χ2v) is 7.75. The van der Waals surface area contributed by atoms with E-state index < -0.39 is 10.3 Å². The van der Waals surface area contributed by atoms with Gasteiger partial charge in [0.1, 0.15) is 11.1 Å². The van der Waals surface area contributed by atoms with Crippen molar-refractivity contribution in [1.82, 2.24) is 9.36 Å². The standard InChI is InChI=1S/C20H18N4O4S/c1-13-18(19(26)23(21(13)2)15-6-4-3-5-7-15)22-17(25)12-29-20(22)14-8-10-16(11-9-14)24(27)28/h3-11,20H,12H2,1-2H3/t20-/m0/s1. The zero-order valence-electron chi connectivity index (χ0n) is 15.8. The molecule has 0 N–H and O–H groups in total. The Morgan fingerprint density at radius 2 is 1.72 bits per heavy atom. The summed E-state index contributed by atoms with van der Waals surface area (Å²) in [6.45, 7) is 1.80. The number of nitro groups is 1. The Bertz CT molecular complexity index is 1150. The van der Waals surface area contributed by atoms with Crippen molar-refractivity contribution in [3.63, 3.8) is 0 Å². The van der Waals surface area contributed by atoms with Crippen LogP contribution in [0.1, 0.15) is 16.6 Å². The maximum Gasteiger partial charge on any atom is 0.295 e. The summed E-state index contributed by atoms with van der Waals surface area (Å²) >= 11 is 1.40. The zero-order valence-corrected chi connectivity index (χ0v) is 16.6. The number of hydrogen-bond acceptors (Lipinski definition) is 5. The zero-order chi connectivity index (χ0) is 20.7. The predicted molar refractivity (Wildman–Crippen MR) is 112 cm³/mol. The topological polar surface area (TPSA) is 90.4 Å². The first-order chi connectivity index (χ1) is 13.9. The van der Waals surface area contributed by atoms with Gasteiger partial charge in [0.2, 0.25) is 5.91 Å². The molecule has 0 saturated carbocycles. The molecule has 1 saturated heterocycles. The van der Waals surface area contributed by atoms with Gasteiger partial charge in [-0.25, -0.2) is 4.68 Å². The summed E-state index contributed by atoms with van der Waals surface area (Å²) in [5, 5.41) is 10.5. The number of nitro benzene ring substituents is 1. The Morgan fingerprint density at radius 3 is 2.34 bits per heavy atom. The minimum atomic E-state index is -0.464. The van der Waals surface area contributed by atoms with Crippen LogP contribution in [0.15, 0.2) is 59.4 Å². The quantitative estimate of drug-likeness (QED) is 0.487. The molecular weight excluding hydrogens is 392 g/mol. The number of benzene rings is 2. The molecule has 1 fully saturated rings. The number of thioether (sulfide) groups is 1. The van der Waals surface area contributed by atoms with Crippen LogP contribution < -0.4 is 10.5 Å². The van der Waals surface area contributed by atoms with Crippen molar-refractivity contribution in [3.05, 3.63) is 86.3 Å². The molecule has 1 aliphatic heterocycles. The summed E-state index contributed by atoms with van der Waals surface area (Å²) in [6.07, 6.45) is 0. The van der Waals surface area contributed by atoms with Crippen molar-refractivity contribution in [2.75, 3.05) is 10.7 Å². The Balaban J connectivity index is 1.81. The normalized spacial score (nSPS) is 16.4. The summed E-state index contributed by atoms with van der Waals surface area (Å²) < 4.78 is 3.27. The molecule has 4 rings (SSSR count). The molecule has 1 atom stereocenters. The smallest absolute Gasteiger partial charge is 0.288 e. The number of carbonyl (C=O) groups is 1. The second-order valence-electron chi connectivity index (χ2n) is 6.69. The van der Waals surface area contributed by atoms with Crippen LogP contribution >= 0.6 is 11.8 Å². The molecule has 9 heteroatoms. The summed E-state index contributed by atoms with van der Waals surface area (Å²) in [7, 11) is 1.78. The largest absolute Gasteiger partial charge is 0.295 e. The molecule has 148 valence electrons. The predicted octanol–water partition coefficient (Wildman–Crippen LogP) is 3.17. The van der Waals surface area contributed by atoms with E-state index in [9.17, 15) is 19.7 Å². The van der Waals surface area contributed by atoms with Gasteiger partial charge in [-0.05, 0) is 36.8 Å². The van der Waals surface area contributed by atoms with Crippen LogP contribution in [0.3, 0.4) is 0 Å². The van der Waals surface area contributed by atoms with Crippen molar-refractivity contribution < 1.29 is 9.72 Å². The first kappa shape index (κ1) is 19.0. The Hall–Kier alpha value is -3.33. The van der Waals surface area contributed by atoms with Crippen LogP contribution in [0.25, 0.3) is 5.69 Å². The fourth-order valence-corrected chi connectivity index (χ4v) is 4.67. The third kappa shape index (κ3) is 3.13. The van der Waals surface area contributed by atoms with Gasteiger partial charge in [-0.1, -0.05) is 18.2 Å². The van der Waals surface area contributed by atoms with Gasteiger partial charge in [0.15, 0.2) is 0 Å². The van der Waals surface area contributed by atoms with E-state index >= 15 is 0 Å². The van der Waals surface area contributed by atoms with Crippen LogP contribution in [0.4, 0.5) is 11.4 Å². The van der Waals surface area contributed by atoms with E-state index in [1.807, 2.05) is 30.3 Å². The minimum absolute atomic E-state index is 0.0167. The fraction of sp³-hybridized carbons (Fsp3) is 0.200. The molecule has 0 aliphatic carbocycles. The van der Waals surface area contributed by atoms with Crippen molar-refractivity contribution in [2.45, 2.75) is 12.3 Å². The number of nitrogens with zero attached hydrogens (tertiary/aromatic N) is 4.